The number of imidazole rings is 1. The largest absolute Gasteiger partial charge is 0.394 e. The number of amides is 1. The maximum atomic E-state index is 12.1. The zero-order valence-corrected chi connectivity index (χ0v) is 13.2. The second-order valence-corrected chi connectivity index (χ2v) is 5.79. The highest BCUT2D eigenvalue weighted by molar-refractivity contribution is 5.94. The Hall–Kier alpha value is -2.31. The van der Waals surface area contributed by atoms with E-state index in [1.807, 2.05) is 0 Å². The highest BCUT2D eigenvalue weighted by Gasteiger charge is 2.43. The molecule has 25 heavy (non-hydrogen) atoms. The van der Waals surface area contributed by atoms with Gasteiger partial charge in [-0.15, -0.1) is 0 Å². The zero-order chi connectivity index (χ0) is 18.3. The van der Waals surface area contributed by atoms with E-state index in [4.69, 9.17) is 4.74 Å². The summed E-state index contributed by atoms with van der Waals surface area (Å²) in [6, 6.07) is 1.39. The van der Waals surface area contributed by atoms with Gasteiger partial charge in [0, 0.05) is 6.07 Å². The number of rotatable bonds is 4. The van der Waals surface area contributed by atoms with Crippen LogP contribution in [0.1, 0.15) is 13.2 Å². The first-order chi connectivity index (χ1) is 11.8. The fraction of sp³-hybridized carbons (Fsp3) is 0.500. The standard InChI is InChI=1S/C14H18N4O7/c1-5(20)12(23)16-8-2-6-9(13(24)17-8)15-4-18(6)14-11(22)10(21)7(3-19)25-14/h2,4-5,7,10-11,14,19-22H,3H2,1H3,(H2,16,17,23,24). The molecule has 3 rings (SSSR count). The van der Waals surface area contributed by atoms with E-state index >= 15 is 0 Å². The van der Waals surface area contributed by atoms with Gasteiger partial charge in [0.05, 0.1) is 18.5 Å². The summed E-state index contributed by atoms with van der Waals surface area (Å²) in [4.78, 5) is 30.1. The number of carbonyl (C=O) groups is 1. The lowest BCUT2D eigenvalue weighted by molar-refractivity contribution is -0.123. The number of nitrogens with one attached hydrogen (secondary N) is 2. The summed E-state index contributed by atoms with van der Waals surface area (Å²) in [6.45, 7) is 0.785. The number of nitrogens with zero attached hydrogens (tertiary/aromatic N) is 2. The Morgan fingerprint density at radius 2 is 2.20 bits per heavy atom. The first-order valence-electron chi connectivity index (χ1n) is 7.54. The van der Waals surface area contributed by atoms with Gasteiger partial charge < -0.3 is 40.0 Å². The maximum absolute atomic E-state index is 12.1. The van der Waals surface area contributed by atoms with Crippen LogP contribution >= 0.6 is 0 Å². The summed E-state index contributed by atoms with van der Waals surface area (Å²) in [5.41, 5.74) is -0.323. The van der Waals surface area contributed by atoms with E-state index in [1.165, 1.54) is 23.9 Å². The van der Waals surface area contributed by atoms with Gasteiger partial charge in [-0.2, -0.15) is 0 Å². The van der Waals surface area contributed by atoms with Gasteiger partial charge >= 0.3 is 0 Å². The highest BCUT2D eigenvalue weighted by Crippen LogP contribution is 2.31. The molecule has 1 aliphatic heterocycles. The quantitative estimate of drug-likeness (QED) is 0.354. The number of anilines is 1. The van der Waals surface area contributed by atoms with Crippen LogP contribution in [0.2, 0.25) is 0 Å². The van der Waals surface area contributed by atoms with Gasteiger partial charge in [0.25, 0.3) is 11.5 Å². The Bertz CT molecular complexity index is 845. The number of pyridine rings is 1. The molecule has 0 spiro atoms. The molecular formula is C14H18N4O7. The van der Waals surface area contributed by atoms with Gasteiger partial charge in [-0.05, 0) is 6.92 Å². The molecule has 1 saturated heterocycles. The molecule has 11 nitrogen and oxygen atoms in total. The molecule has 0 radical (unpaired) electrons. The number of hydrogen-bond donors (Lipinski definition) is 6. The molecule has 136 valence electrons. The number of aliphatic hydroxyl groups excluding tert-OH is 4. The summed E-state index contributed by atoms with van der Waals surface area (Å²) in [6.07, 6.45) is -4.72. The molecule has 1 amide bonds. The summed E-state index contributed by atoms with van der Waals surface area (Å²) in [5.74, 6) is -0.689. The average molecular weight is 354 g/mol. The van der Waals surface area contributed by atoms with E-state index in [1.54, 1.807) is 0 Å². The van der Waals surface area contributed by atoms with Crippen molar-refractivity contribution in [3.8, 4) is 0 Å². The van der Waals surface area contributed by atoms with Crippen LogP contribution in [0.15, 0.2) is 17.2 Å². The molecule has 11 heteroatoms. The molecule has 0 aliphatic carbocycles. The Morgan fingerprint density at radius 3 is 2.80 bits per heavy atom. The third-order valence-electron chi connectivity index (χ3n) is 4.00. The number of fused-ring (bicyclic) bond motifs is 1. The molecule has 0 bridgehead atoms. The minimum Gasteiger partial charge on any atom is -0.394 e. The smallest absolute Gasteiger partial charge is 0.277 e. The molecule has 2 aromatic rings. The molecular weight excluding hydrogens is 336 g/mol. The lowest BCUT2D eigenvalue weighted by atomic mass is 10.1. The van der Waals surface area contributed by atoms with E-state index in [0.29, 0.717) is 0 Å². The van der Waals surface area contributed by atoms with Gasteiger partial charge in [-0.25, -0.2) is 4.98 Å². The van der Waals surface area contributed by atoms with E-state index < -0.39 is 48.7 Å². The van der Waals surface area contributed by atoms with Crippen molar-refractivity contribution in [2.45, 2.75) is 37.6 Å². The Balaban J connectivity index is 2.01. The van der Waals surface area contributed by atoms with Gasteiger partial charge in [0.15, 0.2) is 11.7 Å². The summed E-state index contributed by atoms with van der Waals surface area (Å²) in [7, 11) is 0. The number of aromatic nitrogens is 3. The van der Waals surface area contributed by atoms with Crippen molar-refractivity contribution in [2.75, 3.05) is 11.9 Å². The Kier molecular flexibility index (Phi) is 4.58. The van der Waals surface area contributed by atoms with Crippen LogP contribution in [0.3, 0.4) is 0 Å². The van der Waals surface area contributed by atoms with Crippen LogP contribution in [0, 0.1) is 0 Å². The normalized spacial score (nSPS) is 27.6. The highest BCUT2D eigenvalue weighted by atomic mass is 16.6. The topological polar surface area (TPSA) is 170 Å². The Labute approximate surface area is 140 Å². The predicted octanol–water partition coefficient (Wildman–Crippen LogP) is -2.34. The van der Waals surface area contributed by atoms with Gasteiger partial charge in [-0.3, -0.25) is 9.59 Å². The predicted molar refractivity (Wildman–Crippen MR) is 83.7 cm³/mol. The minimum absolute atomic E-state index is 0.0249. The van der Waals surface area contributed by atoms with Crippen molar-refractivity contribution in [1.29, 1.82) is 0 Å². The third kappa shape index (κ3) is 3.03. The number of hydrogen-bond acceptors (Lipinski definition) is 8. The minimum atomic E-state index is -1.34. The fourth-order valence-electron chi connectivity index (χ4n) is 2.66. The summed E-state index contributed by atoms with van der Waals surface area (Å²) >= 11 is 0. The molecule has 0 aromatic carbocycles. The molecule has 2 aromatic heterocycles. The molecule has 0 saturated carbocycles. The van der Waals surface area contributed by atoms with Crippen LogP contribution in [-0.4, -0.2) is 71.9 Å². The molecule has 6 N–H and O–H groups in total. The van der Waals surface area contributed by atoms with E-state index in [2.05, 4.69) is 15.3 Å². The first-order valence-corrected chi connectivity index (χ1v) is 7.54. The first kappa shape index (κ1) is 17.5. The molecule has 5 unspecified atom stereocenters. The van der Waals surface area contributed by atoms with Crippen molar-refractivity contribution in [2.24, 2.45) is 0 Å². The molecule has 1 fully saturated rings. The van der Waals surface area contributed by atoms with Crippen LogP contribution in [0.25, 0.3) is 11.0 Å². The monoisotopic (exact) mass is 354 g/mol. The van der Waals surface area contributed by atoms with Crippen molar-refractivity contribution >= 4 is 22.8 Å². The van der Waals surface area contributed by atoms with Crippen molar-refractivity contribution < 1.29 is 30.0 Å². The SMILES string of the molecule is CC(O)C(=O)Nc1cc2c(ncn2C2OC(CO)C(O)C2O)c(=O)[nH]1. The number of H-pyrrole nitrogens is 1. The molecule has 5 atom stereocenters. The second kappa shape index (κ2) is 6.54. The maximum Gasteiger partial charge on any atom is 0.277 e. The van der Waals surface area contributed by atoms with Crippen LogP contribution in [-0.2, 0) is 9.53 Å². The van der Waals surface area contributed by atoms with Gasteiger partial charge in [0.2, 0.25) is 0 Å². The lowest BCUT2D eigenvalue weighted by Crippen LogP contribution is -2.33. The van der Waals surface area contributed by atoms with Gasteiger partial charge in [0.1, 0.15) is 30.2 Å². The van der Waals surface area contributed by atoms with Crippen LogP contribution in [0.4, 0.5) is 5.82 Å². The zero-order valence-electron chi connectivity index (χ0n) is 13.2. The fourth-order valence-corrected chi connectivity index (χ4v) is 2.66. The average Bonchev–Trinajstić information content (AvgIpc) is 3.10. The summed E-state index contributed by atoms with van der Waals surface area (Å²) < 4.78 is 6.75. The van der Waals surface area contributed by atoms with E-state index in [-0.39, 0.29) is 16.9 Å². The van der Waals surface area contributed by atoms with E-state index in [0.717, 1.165) is 0 Å². The number of ether oxygens (including phenoxy) is 1. The number of carbonyl (C=O) groups excluding carboxylic acids is 1. The second-order valence-electron chi connectivity index (χ2n) is 5.79. The van der Waals surface area contributed by atoms with Crippen LogP contribution < -0.4 is 10.9 Å². The lowest BCUT2D eigenvalue weighted by Gasteiger charge is -2.17. The Morgan fingerprint density at radius 1 is 1.48 bits per heavy atom. The van der Waals surface area contributed by atoms with Gasteiger partial charge in [-0.1, -0.05) is 0 Å². The van der Waals surface area contributed by atoms with Crippen LogP contribution in [0.5, 0.6) is 0 Å². The molecule has 1 aliphatic rings. The number of aliphatic hydroxyl groups is 4. The van der Waals surface area contributed by atoms with Crippen molar-refractivity contribution in [1.82, 2.24) is 14.5 Å². The summed E-state index contributed by atoms with van der Waals surface area (Å²) in [5, 5.41) is 40.8. The van der Waals surface area contributed by atoms with E-state index in [9.17, 15) is 30.0 Å². The number of aromatic amines is 1. The van der Waals surface area contributed by atoms with Crippen molar-refractivity contribution in [3.05, 3.63) is 22.7 Å². The van der Waals surface area contributed by atoms with Crippen molar-refractivity contribution in [3.63, 3.8) is 0 Å². The third-order valence-corrected chi connectivity index (χ3v) is 4.00. The molecule has 3 heterocycles.